The van der Waals surface area contributed by atoms with E-state index in [0.717, 1.165) is 11.8 Å². The number of carbonyl (C=O) groups is 1. The highest BCUT2D eigenvalue weighted by Crippen LogP contribution is 2.41. The molecule has 1 aromatic heterocycles. The normalized spacial score (nSPS) is 11.3. The van der Waals surface area contributed by atoms with Gasteiger partial charge >= 0.3 is 0 Å². The lowest BCUT2D eigenvalue weighted by Gasteiger charge is -2.16. The van der Waals surface area contributed by atoms with E-state index in [9.17, 15) is 10.1 Å². The molecule has 7 heteroatoms. The van der Waals surface area contributed by atoms with Gasteiger partial charge in [-0.15, -0.1) is 0 Å². The van der Waals surface area contributed by atoms with Crippen LogP contribution in [0.5, 0.6) is 0 Å². The lowest BCUT2D eigenvalue weighted by Crippen LogP contribution is -2.19. The van der Waals surface area contributed by atoms with Crippen molar-refractivity contribution >= 4 is 35.0 Å². The molecule has 1 amide bonds. The molecule has 0 radical (unpaired) electrons. The molecule has 1 heterocycles. The number of pyridine rings is 1. The van der Waals surface area contributed by atoms with Crippen LogP contribution in [0, 0.1) is 17.9 Å². The highest BCUT2D eigenvalue weighted by Gasteiger charge is 2.25. The maximum Gasteiger partial charge on any atom is 0.235 e. The van der Waals surface area contributed by atoms with Crippen molar-refractivity contribution in [2.75, 3.05) is 0 Å². The zero-order valence-electron chi connectivity index (χ0n) is 12.8. The molecule has 0 bridgehead atoms. The van der Waals surface area contributed by atoms with Crippen LogP contribution >= 0.6 is 23.4 Å². The minimum atomic E-state index is -0.703. The minimum Gasteiger partial charge on any atom is -0.368 e. The van der Waals surface area contributed by atoms with Crippen molar-refractivity contribution < 1.29 is 4.79 Å². The van der Waals surface area contributed by atoms with Crippen molar-refractivity contribution in [1.82, 2.24) is 4.98 Å². The molecule has 0 aliphatic rings. The van der Waals surface area contributed by atoms with E-state index in [1.54, 1.807) is 24.3 Å². The minimum absolute atomic E-state index is 0.0274. The Kier molecular flexibility index (Phi) is 5.81. The summed E-state index contributed by atoms with van der Waals surface area (Å²) >= 11 is 7.16. The molecule has 0 aliphatic heterocycles. The molecule has 0 aliphatic carbocycles. The molecule has 0 saturated heterocycles. The lowest BCUT2D eigenvalue weighted by atomic mass is 10.1. The van der Waals surface area contributed by atoms with Crippen LogP contribution in [0.3, 0.4) is 0 Å². The summed E-state index contributed by atoms with van der Waals surface area (Å²) in [6.45, 7) is 9.06. The van der Waals surface area contributed by atoms with Gasteiger partial charge < -0.3 is 5.73 Å². The Morgan fingerprint density at radius 1 is 1.50 bits per heavy atom. The first kappa shape index (κ1) is 17.8. The van der Waals surface area contributed by atoms with E-state index >= 15 is 0 Å². The number of nitriles is 1. The van der Waals surface area contributed by atoms with E-state index < -0.39 is 11.2 Å². The number of carbonyl (C=O) groups excluding carboxylic acids is 1. The summed E-state index contributed by atoms with van der Waals surface area (Å²) in [7, 11) is 0. The number of nitrogens with zero attached hydrogens (tertiary/aromatic N) is 3. The smallest absolute Gasteiger partial charge is 0.235 e. The van der Waals surface area contributed by atoms with Gasteiger partial charge in [-0.25, -0.2) is 9.83 Å². The standard InChI is InChI=1S/C17H13ClN4OS/c1-3-11-12(9-19)17(22-15(18)13(11)21-2)24-14(16(20)23)10-7-5-4-6-8-10/h4-8,14H,3H2,1H3,(H2,20,23). The third-order valence-corrected chi connectivity index (χ3v) is 4.89. The van der Waals surface area contributed by atoms with E-state index in [2.05, 4.69) is 15.9 Å². The van der Waals surface area contributed by atoms with Gasteiger partial charge in [0.05, 0.1) is 12.1 Å². The lowest BCUT2D eigenvalue weighted by molar-refractivity contribution is -0.117. The van der Waals surface area contributed by atoms with Gasteiger partial charge in [-0.3, -0.25) is 4.79 Å². The molecule has 5 nitrogen and oxygen atoms in total. The first-order valence-electron chi connectivity index (χ1n) is 7.04. The highest BCUT2D eigenvalue weighted by atomic mass is 35.5. The number of thioether (sulfide) groups is 1. The molecular formula is C17H13ClN4OS. The van der Waals surface area contributed by atoms with Crippen LogP contribution in [0.25, 0.3) is 4.85 Å². The molecule has 2 rings (SSSR count). The third-order valence-electron chi connectivity index (χ3n) is 3.36. The summed E-state index contributed by atoms with van der Waals surface area (Å²) in [6, 6.07) is 11.1. The van der Waals surface area contributed by atoms with Crippen molar-refractivity contribution in [3.63, 3.8) is 0 Å². The molecule has 0 spiro atoms. The van der Waals surface area contributed by atoms with Gasteiger partial charge in [-0.2, -0.15) is 5.26 Å². The van der Waals surface area contributed by atoms with Gasteiger partial charge in [-0.1, -0.05) is 60.6 Å². The number of primary amides is 1. The van der Waals surface area contributed by atoms with Crippen molar-refractivity contribution in [2.45, 2.75) is 23.6 Å². The summed E-state index contributed by atoms with van der Waals surface area (Å²) in [4.78, 5) is 19.4. The zero-order valence-corrected chi connectivity index (χ0v) is 14.4. The quantitative estimate of drug-likeness (QED) is 0.497. The van der Waals surface area contributed by atoms with Crippen LogP contribution in [-0.4, -0.2) is 10.9 Å². The second kappa shape index (κ2) is 7.83. The largest absolute Gasteiger partial charge is 0.368 e. The third kappa shape index (κ3) is 3.51. The number of halogens is 1. The molecule has 120 valence electrons. The first-order chi connectivity index (χ1) is 11.5. The summed E-state index contributed by atoms with van der Waals surface area (Å²) in [5.74, 6) is -0.541. The Morgan fingerprint density at radius 2 is 2.17 bits per heavy atom. The van der Waals surface area contributed by atoms with E-state index in [1.165, 1.54) is 0 Å². The number of hydrogen-bond acceptors (Lipinski definition) is 4. The summed E-state index contributed by atoms with van der Waals surface area (Å²) < 4.78 is 0. The SMILES string of the molecule is [C-]#[N+]c1c(Cl)nc(SC(C(N)=O)c2ccccc2)c(C#N)c1CC. The molecule has 0 saturated carbocycles. The fourth-order valence-corrected chi connectivity index (χ4v) is 3.61. The first-order valence-corrected chi connectivity index (χ1v) is 8.30. The van der Waals surface area contributed by atoms with E-state index in [0.29, 0.717) is 22.6 Å². The maximum atomic E-state index is 11.9. The number of nitrogens with two attached hydrogens (primary N) is 1. The molecule has 1 aromatic carbocycles. The Balaban J connectivity index is 2.56. The van der Waals surface area contributed by atoms with E-state index in [1.807, 2.05) is 13.0 Å². The molecule has 24 heavy (non-hydrogen) atoms. The number of amides is 1. The van der Waals surface area contributed by atoms with Gasteiger partial charge in [-0.05, 0) is 17.5 Å². The van der Waals surface area contributed by atoms with Crippen molar-refractivity contribution in [3.8, 4) is 6.07 Å². The number of benzene rings is 1. The predicted molar refractivity (Wildman–Crippen MR) is 93.8 cm³/mol. The Bertz CT molecular complexity index is 856. The average Bonchev–Trinajstić information content (AvgIpc) is 2.59. The molecule has 2 N–H and O–H groups in total. The van der Waals surface area contributed by atoms with E-state index in [4.69, 9.17) is 23.9 Å². The van der Waals surface area contributed by atoms with Gasteiger partial charge in [0.15, 0.2) is 0 Å². The zero-order chi connectivity index (χ0) is 17.7. The fourth-order valence-electron chi connectivity index (χ4n) is 2.26. The highest BCUT2D eigenvalue weighted by molar-refractivity contribution is 8.00. The van der Waals surface area contributed by atoms with Crippen molar-refractivity contribution in [2.24, 2.45) is 5.73 Å². The van der Waals surface area contributed by atoms with Gasteiger partial charge in [0, 0.05) is 0 Å². The number of hydrogen-bond donors (Lipinski definition) is 1. The van der Waals surface area contributed by atoms with Crippen LogP contribution in [0.4, 0.5) is 5.69 Å². The summed E-state index contributed by atoms with van der Waals surface area (Å²) in [6.07, 6.45) is 0.461. The average molecular weight is 357 g/mol. The topological polar surface area (TPSA) is 84.1 Å². The summed E-state index contributed by atoms with van der Waals surface area (Å²) in [5, 5.41) is 9.13. The Morgan fingerprint density at radius 3 is 2.67 bits per heavy atom. The predicted octanol–water partition coefficient (Wildman–Crippen LogP) is 4.04. The van der Waals surface area contributed by atoms with Gasteiger partial charge in [0.2, 0.25) is 11.6 Å². The number of aromatic nitrogens is 1. The van der Waals surface area contributed by atoms with Crippen LogP contribution in [0.1, 0.15) is 28.9 Å². The molecule has 1 unspecified atom stereocenters. The number of rotatable bonds is 5. The Labute approximate surface area is 149 Å². The molecule has 2 aromatic rings. The van der Waals surface area contributed by atoms with Gasteiger partial charge in [0.1, 0.15) is 21.5 Å². The van der Waals surface area contributed by atoms with Gasteiger partial charge in [0.25, 0.3) is 0 Å². The van der Waals surface area contributed by atoms with Crippen LogP contribution in [0.15, 0.2) is 35.4 Å². The Hall–Kier alpha value is -2.54. The molecule has 1 atom stereocenters. The monoisotopic (exact) mass is 356 g/mol. The van der Waals surface area contributed by atoms with Crippen LogP contribution in [-0.2, 0) is 11.2 Å². The van der Waals surface area contributed by atoms with Crippen LogP contribution in [0.2, 0.25) is 5.15 Å². The maximum absolute atomic E-state index is 11.9. The fraction of sp³-hybridized carbons (Fsp3) is 0.176. The van der Waals surface area contributed by atoms with Crippen LogP contribution < -0.4 is 5.73 Å². The second-order valence-corrected chi connectivity index (χ2v) is 6.25. The van der Waals surface area contributed by atoms with Crippen molar-refractivity contribution in [3.05, 3.63) is 63.6 Å². The summed E-state index contributed by atoms with van der Waals surface area (Å²) in [5.41, 5.74) is 7.21. The molecular weight excluding hydrogens is 344 g/mol. The molecule has 0 fully saturated rings. The second-order valence-electron chi connectivity index (χ2n) is 4.80. The van der Waals surface area contributed by atoms with E-state index in [-0.39, 0.29) is 16.4 Å². The van der Waals surface area contributed by atoms with Crippen molar-refractivity contribution in [1.29, 1.82) is 5.26 Å².